The monoisotopic (exact) mass is 317 g/mol. The van der Waals surface area contributed by atoms with E-state index in [0.717, 1.165) is 0 Å². The van der Waals surface area contributed by atoms with Gasteiger partial charge in [0.15, 0.2) is 0 Å². The van der Waals surface area contributed by atoms with Crippen molar-refractivity contribution in [2.24, 2.45) is 0 Å². The first-order chi connectivity index (χ1) is 9.67. The van der Waals surface area contributed by atoms with Crippen molar-refractivity contribution in [2.75, 3.05) is 32.4 Å². The van der Waals surface area contributed by atoms with E-state index in [2.05, 4.69) is 18.5 Å². The van der Waals surface area contributed by atoms with E-state index in [-0.39, 0.29) is 11.8 Å². The molecule has 7 heteroatoms. The fourth-order valence-electron chi connectivity index (χ4n) is 2.27. The number of sulfonamides is 1. The van der Waals surface area contributed by atoms with E-state index in [1.165, 1.54) is 10.4 Å². The lowest BCUT2D eigenvalue weighted by atomic mass is 10.1. The van der Waals surface area contributed by atoms with Crippen LogP contribution in [-0.2, 0) is 10.0 Å². The van der Waals surface area contributed by atoms with Gasteiger partial charge in [0.25, 0.3) is 0 Å². The number of allylic oxidation sites excluding steroid dienone is 3. The summed E-state index contributed by atoms with van der Waals surface area (Å²) in [4.78, 5) is 2.04. The molecule has 0 aromatic heterocycles. The molecule has 1 aliphatic heterocycles. The predicted molar refractivity (Wildman–Crippen MR) is 83.7 cm³/mol. The van der Waals surface area contributed by atoms with Crippen LogP contribution in [0.3, 0.4) is 0 Å². The summed E-state index contributed by atoms with van der Waals surface area (Å²) in [7, 11) is -1.29. The number of piperazine rings is 1. The Kier molecular flexibility index (Phi) is 6.12. The van der Waals surface area contributed by atoms with Gasteiger partial charge in [-0.05, 0) is 27.0 Å². The number of rotatable bonds is 6. The zero-order chi connectivity index (χ0) is 16.2. The van der Waals surface area contributed by atoms with Crippen LogP contribution in [0.4, 0.5) is 4.39 Å². The average molecular weight is 317 g/mol. The fraction of sp³-hybridized carbons (Fsp3) is 0.571. The summed E-state index contributed by atoms with van der Waals surface area (Å²) < 4.78 is 38.2. The molecule has 0 saturated carbocycles. The summed E-state index contributed by atoms with van der Waals surface area (Å²) in [6, 6.07) is -0.156. The molecule has 1 rings (SSSR count). The Bertz CT molecular complexity index is 542. The first-order valence-corrected chi connectivity index (χ1v) is 8.45. The zero-order valence-electron chi connectivity index (χ0n) is 12.9. The standard InChI is InChI=1S/C14H24FN3O2S/c1-6-21(19,20)18-8-7-17(5)14(10-18)13(4)16-12(3)9-11(2)15/h9,14,16H,2,4,6-8,10H2,1,3,5H3/b12-9+. The Morgan fingerprint density at radius 2 is 2.05 bits per heavy atom. The minimum absolute atomic E-state index is 0.0872. The highest BCUT2D eigenvalue weighted by atomic mass is 32.2. The second-order valence-electron chi connectivity index (χ2n) is 5.18. The second-order valence-corrected chi connectivity index (χ2v) is 7.44. The number of nitrogens with one attached hydrogen (secondary N) is 1. The lowest BCUT2D eigenvalue weighted by Crippen LogP contribution is -2.55. The van der Waals surface area contributed by atoms with Crippen molar-refractivity contribution in [1.29, 1.82) is 0 Å². The van der Waals surface area contributed by atoms with Crippen molar-refractivity contribution >= 4 is 10.0 Å². The van der Waals surface area contributed by atoms with Crippen molar-refractivity contribution in [2.45, 2.75) is 19.9 Å². The predicted octanol–water partition coefficient (Wildman–Crippen LogP) is 1.44. The molecule has 0 bridgehead atoms. The highest BCUT2D eigenvalue weighted by Gasteiger charge is 2.32. The average Bonchev–Trinajstić information content (AvgIpc) is 2.37. The number of likely N-dealkylation sites (N-methyl/N-ethyl adjacent to an activating group) is 1. The summed E-state index contributed by atoms with van der Waals surface area (Å²) in [6.45, 7) is 11.9. The van der Waals surface area contributed by atoms with E-state index in [1.807, 2.05) is 11.9 Å². The largest absolute Gasteiger partial charge is 0.362 e. The lowest BCUT2D eigenvalue weighted by molar-refractivity contribution is 0.166. The summed E-state index contributed by atoms with van der Waals surface area (Å²) in [5.41, 5.74) is 1.22. The number of halogens is 1. The summed E-state index contributed by atoms with van der Waals surface area (Å²) in [5.74, 6) is -0.454. The van der Waals surface area contributed by atoms with Gasteiger partial charge < -0.3 is 5.32 Å². The molecule has 1 fully saturated rings. The highest BCUT2D eigenvalue weighted by molar-refractivity contribution is 7.89. The zero-order valence-corrected chi connectivity index (χ0v) is 13.7. The van der Waals surface area contributed by atoms with Crippen LogP contribution in [0.5, 0.6) is 0 Å². The van der Waals surface area contributed by atoms with Crippen LogP contribution in [0.1, 0.15) is 13.8 Å². The van der Waals surface area contributed by atoms with E-state index in [0.29, 0.717) is 31.0 Å². The van der Waals surface area contributed by atoms with Gasteiger partial charge in [0, 0.05) is 31.0 Å². The van der Waals surface area contributed by atoms with Crippen molar-refractivity contribution in [3.63, 3.8) is 0 Å². The van der Waals surface area contributed by atoms with Crippen LogP contribution in [0, 0.1) is 0 Å². The Labute approximate surface area is 126 Å². The minimum Gasteiger partial charge on any atom is -0.362 e. The van der Waals surface area contributed by atoms with Crippen LogP contribution in [0.25, 0.3) is 0 Å². The van der Waals surface area contributed by atoms with Gasteiger partial charge in [0.1, 0.15) is 5.83 Å². The Hall–Kier alpha value is -1.18. The molecule has 1 unspecified atom stereocenters. The summed E-state index contributed by atoms with van der Waals surface area (Å²) >= 11 is 0. The van der Waals surface area contributed by atoms with Gasteiger partial charge in [0.2, 0.25) is 10.0 Å². The molecule has 5 nitrogen and oxygen atoms in total. The quantitative estimate of drug-likeness (QED) is 0.753. The van der Waals surface area contributed by atoms with Crippen LogP contribution in [0.15, 0.2) is 36.5 Å². The Morgan fingerprint density at radius 3 is 2.57 bits per heavy atom. The maximum Gasteiger partial charge on any atom is 0.213 e. The van der Waals surface area contributed by atoms with Gasteiger partial charge in [-0.1, -0.05) is 13.2 Å². The first-order valence-electron chi connectivity index (χ1n) is 6.84. The molecule has 1 N–H and O–H groups in total. The first kappa shape index (κ1) is 17.9. The fourth-order valence-corrected chi connectivity index (χ4v) is 3.36. The maximum atomic E-state index is 12.7. The van der Waals surface area contributed by atoms with E-state index in [1.54, 1.807) is 13.8 Å². The molecule has 1 saturated heterocycles. The molecule has 0 radical (unpaired) electrons. The van der Waals surface area contributed by atoms with Gasteiger partial charge in [0.05, 0.1) is 11.8 Å². The molecule has 0 aromatic carbocycles. The summed E-state index contributed by atoms with van der Waals surface area (Å²) in [6.07, 6.45) is 1.27. The highest BCUT2D eigenvalue weighted by Crippen LogP contribution is 2.17. The molecule has 1 aliphatic rings. The van der Waals surface area contributed by atoms with Crippen molar-refractivity contribution in [3.8, 4) is 0 Å². The van der Waals surface area contributed by atoms with Gasteiger partial charge in [-0.3, -0.25) is 4.90 Å². The van der Waals surface area contributed by atoms with Crippen LogP contribution in [-0.4, -0.2) is 56.1 Å². The molecule has 120 valence electrons. The van der Waals surface area contributed by atoms with Crippen LogP contribution in [0.2, 0.25) is 0 Å². The Morgan fingerprint density at radius 1 is 1.43 bits per heavy atom. The second kappa shape index (κ2) is 7.20. The van der Waals surface area contributed by atoms with E-state index in [4.69, 9.17) is 0 Å². The lowest BCUT2D eigenvalue weighted by Gasteiger charge is -2.39. The molecule has 0 aliphatic carbocycles. The normalized spacial score (nSPS) is 22.1. The molecular weight excluding hydrogens is 293 g/mol. The molecule has 1 heterocycles. The third-order valence-electron chi connectivity index (χ3n) is 3.50. The molecule has 0 spiro atoms. The smallest absolute Gasteiger partial charge is 0.213 e. The molecule has 21 heavy (non-hydrogen) atoms. The van der Waals surface area contributed by atoms with Gasteiger partial charge >= 0.3 is 0 Å². The van der Waals surface area contributed by atoms with Crippen LogP contribution >= 0.6 is 0 Å². The van der Waals surface area contributed by atoms with Crippen molar-refractivity contribution < 1.29 is 12.8 Å². The van der Waals surface area contributed by atoms with E-state index < -0.39 is 15.9 Å². The maximum absolute atomic E-state index is 12.7. The number of nitrogens with zero attached hydrogens (tertiary/aromatic N) is 2. The number of hydrogen-bond donors (Lipinski definition) is 1. The van der Waals surface area contributed by atoms with Gasteiger partial charge in [-0.2, -0.15) is 4.31 Å². The molecular formula is C14H24FN3O2S. The molecule has 0 amide bonds. The minimum atomic E-state index is -3.21. The Balaban J connectivity index is 2.80. The SMILES string of the molecule is C=C(F)/C=C(\C)NC(=C)C1CN(S(=O)(=O)CC)CCN1C. The third kappa shape index (κ3) is 4.94. The van der Waals surface area contributed by atoms with Crippen LogP contribution < -0.4 is 5.32 Å². The molecule has 0 aromatic rings. The van der Waals surface area contributed by atoms with Crippen molar-refractivity contribution in [3.05, 3.63) is 36.5 Å². The van der Waals surface area contributed by atoms with E-state index in [9.17, 15) is 12.8 Å². The topological polar surface area (TPSA) is 52.7 Å². The summed E-state index contributed by atoms with van der Waals surface area (Å²) in [5, 5.41) is 3.00. The van der Waals surface area contributed by atoms with Gasteiger partial charge in [-0.25, -0.2) is 12.8 Å². The number of hydrogen-bond acceptors (Lipinski definition) is 4. The molecule has 1 atom stereocenters. The van der Waals surface area contributed by atoms with Crippen molar-refractivity contribution in [1.82, 2.24) is 14.5 Å². The third-order valence-corrected chi connectivity index (χ3v) is 5.35. The van der Waals surface area contributed by atoms with E-state index >= 15 is 0 Å². The van der Waals surface area contributed by atoms with Gasteiger partial charge in [-0.15, -0.1) is 0 Å².